The molecule has 102 valence electrons. The molecule has 0 bridgehead atoms. The van der Waals surface area contributed by atoms with Gasteiger partial charge >= 0.3 is 5.95 Å². The third kappa shape index (κ3) is 2.54. The smallest absolute Gasteiger partial charge is 0.322 e. The highest BCUT2D eigenvalue weighted by atomic mass is 16.1. The zero-order chi connectivity index (χ0) is 13.9. The fourth-order valence-electron chi connectivity index (χ4n) is 2.34. The minimum atomic E-state index is -0.0810. The minimum Gasteiger partial charge on any atom is -0.322 e. The van der Waals surface area contributed by atoms with E-state index in [9.17, 15) is 4.79 Å². The molecular formula is C14H16N5O+. The van der Waals surface area contributed by atoms with E-state index in [2.05, 4.69) is 20.3 Å². The van der Waals surface area contributed by atoms with E-state index in [4.69, 9.17) is 5.73 Å². The van der Waals surface area contributed by atoms with Gasteiger partial charge in [-0.1, -0.05) is 18.2 Å². The van der Waals surface area contributed by atoms with Crippen LogP contribution in [0.5, 0.6) is 0 Å². The molecule has 1 heterocycles. The molecule has 0 spiro atoms. The Morgan fingerprint density at radius 1 is 1.30 bits per heavy atom. The Labute approximate surface area is 115 Å². The van der Waals surface area contributed by atoms with E-state index in [0.29, 0.717) is 11.9 Å². The van der Waals surface area contributed by atoms with Gasteiger partial charge in [0.05, 0.1) is 16.9 Å². The Morgan fingerprint density at radius 3 is 2.90 bits per heavy atom. The summed E-state index contributed by atoms with van der Waals surface area (Å²) in [6.07, 6.45) is 2.63. The number of anilines is 1. The summed E-state index contributed by atoms with van der Waals surface area (Å²) in [7, 11) is 0. The van der Waals surface area contributed by atoms with E-state index in [1.165, 1.54) is 0 Å². The molecule has 0 amide bonds. The lowest BCUT2D eigenvalue weighted by Gasteiger charge is -2.01. The van der Waals surface area contributed by atoms with Crippen molar-refractivity contribution in [2.45, 2.75) is 19.3 Å². The number of nitrogens with one attached hydrogen (secondary N) is 3. The number of para-hydroxylation sites is 1. The Bertz CT molecular complexity index is 705. The molecule has 1 aromatic carbocycles. The molecule has 1 aromatic heterocycles. The summed E-state index contributed by atoms with van der Waals surface area (Å²) < 4.78 is 0. The van der Waals surface area contributed by atoms with Crippen LogP contribution in [0.3, 0.4) is 0 Å². The second kappa shape index (κ2) is 5.16. The standard InChI is InChI=1S/C14H15N5O/c15-13(16-9-5-2-1-3-6-9)19-14-17-11-8-4-7-10(11)12(20)18-14/h1-3,5-6H,4,7-8H2,(H4,15,16,17,18,19,20)/p+1. The number of benzene rings is 1. The molecular weight excluding hydrogens is 254 g/mol. The maximum absolute atomic E-state index is 11.9. The molecule has 0 atom stereocenters. The highest BCUT2D eigenvalue weighted by Crippen LogP contribution is 2.15. The third-order valence-electron chi connectivity index (χ3n) is 3.25. The maximum atomic E-state index is 11.9. The molecule has 0 unspecified atom stereocenters. The van der Waals surface area contributed by atoms with Crippen molar-refractivity contribution in [1.82, 2.24) is 9.97 Å². The van der Waals surface area contributed by atoms with Crippen LogP contribution < -0.4 is 21.6 Å². The predicted octanol–water partition coefficient (Wildman–Crippen LogP) is -0.603. The van der Waals surface area contributed by atoms with E-state index in [-0.39, 0.29) is 5.56 Å². The van der Waals surface area contributed by atoms with Crippen molar-refractivity contribution in [3.63, 3.8) is 0 Å². The van der Waals surface area contributed by atoms with Crippen LogP contribution in [0.2, 0.25) is 0 Å². The van der Waals surface area contributed by atoms with Gasteiger partial charge in [0.1, 0.15) is 0 Å². The van der Waals surface area contributed by atoms with Crippen LogP contribution in [0, 0.1) is 0 Å². The molecule has 1 aliphatic carbocycles. The first-order valence-corrected chi connectivity index (χ1v) is 6.56. The Balaban J connectivity index is 1.85. The van der Waals surface area contributed by atoms with Crippen LogP contribution in [0.15, 0.2) is 35.1 Å². The van der Waals surface area contributed by atoms with Crippen LogP contribution in [0.1, 0.15) is 17.7 Å². The van der Waals surface area contributed by atoms with Gasteiger partial charge in [-0.15, -0.1) is 4.98 Å². The molecule has 1 aliphatic rings. The fraction of sp³-hybridized carbons (Fsp3) is 0.214. The van der Waals surface area contributed by atoms with Gasteiger partial charge in [-0.05, 0) is 25.0 Å². The van der Waals surface area contributed by atoms with E-state index in [1.54, 1.807) is 0 Å². The monoisotopic (exact) mass is 270 g/mol. The summed E-state index contributed by atoms with van der Waals surface area (Å²) in [6, 6.07) is 9.53. The fourth-order valence-corrected chi connectivity index (χ4v) is 2.34. The van der Waals surface area contributed by atoms with E-state index < -0.39 is 0 Å². The second-order valence-electron chi connectivity index (χ2n) is 4.72. The van der Waals surface area contributed by atoms with Gasteiger partial charge in [-0.3, -0.25) is 10.1 Å². The SMILES string of the molecule is NC(Nc1ccccc1)=[NH+]c1nc2c(c(=O)[nH]1)CCC2. The molecule has 0 saturated carbocycles. The van der Waals surface area contributed by atoms with Crippen molar-refractivity contribution >= 4 is 17.6 Å². The lowest BCUT2D eigenvalue weighted by molar-refractivity contribution is -0.365. The molecule has 2 aromatic rings. The lowest BCUT2D eigenvalue weighted by Crippen LogP contribution is -2.73. The highest BCUT2D eigenvalue weighted by Gasteiger charge is 2.19. The number of rotatable bonds is 2. The van der Waals surface area contributed by atoms with Crippen molar-refractivity contribution < 1.29 is 4.99 Å². The Kier molecular flexibility index (Phi) is 3.20. The Hall–Kier alpha value is -2.63. The number of aromatic amines is 1. The number of H-pyrrole nitrogens is 1. The molecule has 0 fully saturated rings. The van der Waals surface area contributed by atoms with Gasteiger partial charge in [0, 0.05) is 6.42 Å². The third-order valence-corrected chi connectivity index (χ3v) is 3.25. The summed E-state index contributed by atoms with van der Waals surface area (Å²) in [6.45, 7) is 0. The molecule has 0 radical (unpaired) electrons. The molecule has 0 aliphatic heterocycles. The number of hydrogen-bond acceptors (Lipinski definition) is 2. The van der Waals surface area contributed by atoms with Crippen LogP contribution in [0.25, 0.3) is 0 Å². The summed E-state index contributed by atoms with van der Waals surface area (Å²) in [4.78, 5) is 21.8. The van der Waals surface area contributed by atoms with Crippen molar-refractivity contribution in [2.75, 3.05) is 5.32 Å². The minimum absolute atomic E-state index is 0.0810. The lowest BCUT2D eigenvalue weighted by atomic mass is 10.3. The number of nitrogens with zero attached hydrogens (tertiary/aromatic N) is 1. The van der Waals surface area contributed by atoms with Gasteiger partial charge in [0.2, 0.25) is 0 Å². The Morgan fingerprint density at radius 2 is 2.10 bits per heavy atom. The molecule has 6 heteroatoms. The van der Waals surface area contributed by atoms with Crippen LogP contribution >= 0.6 is 0 Å². The van der Waals surface area contributed by atoms with Crippen molar-refractivity contribution in [1.29, 1.82) is 0 Å². The number of aromatic nitrogens is 2. The van der Waals surface area contributed by atoms with Gasteiger partial charge in [-0.25, -0.2) is 9.98 Å². The quantitative estimate of drug-likeness (QED) is 0.432. The number of hydrogen-bond donors (Lipinski definition) is 4. The first kappa shape index (κ1) is 12.4. The average molecular weight is 270 g/mol. The number of aryl methyl sites for hydroxylation is 1. The van der Waals surface area contributed by atoms with Crippen LogP contribution in [-0.2, 0) is 12.8 Å². The zero-order valence-electron chi connectivity index (χ0n) is 10.9. The normalized spacial score (nSPS) is 14.1. The molecule has 0 saturated heterocycles. The van der Waals surface area contributed by atoms with Crippen molar-refractivity contribution in [3.05, 3.63) is 51.9 Å². The largest absolute Gasteiger partial charge is 0.325 e. The number of nitrogens with two attached hydrogens (primary N) is 1. The van der Waals surface area contributed by atoms with Gasteiger partial charge in [-0.2, -0.15) is 0 Å². The first-order valence-electron chi connectivity index (χ1n) is 6.56. The summed E-state index contributed by atoms with van der Waals surface area (Å²) in [5.41, 5.74) is 8.31. The summed E-state index contributed by atoms with van der Waals surface area (Å²) in [5, 5.41) is 3.00. The zero-order valence-corrected chi connectivity index (χ0v) is 10.9. The summed E-state index contributed by atoms with van der Waals surface area (Å²) in [5.74, 6) is 0.689. The number of fused-ring (bicyclic) bond motifs is 1. The van der Waals surface area contributed by atoms with E-state index >= 15 is 0 Å². The van der Waals surface area contributed by atoms with Crippen molar-refractivity contribution in [3.8, 4) is 0 Å². The molecule has 6 nitrogen and oxygen atoms in total. The first-order chi connectivity index (χ1) is 9.72. The molecule has 5 N–H and O–H groups in total. The van der Waals surface area contributed by atoms with E-state index in [0.717, 1.165) is 36.2 Å². The summed E-state index contributed by atoms with van der Waals surface area (Å²) >= 11 is 0. The second-order valence-corrected chi connectivity index (χ2v) is 4.72. The number of guanidine groups is 1. The molecule has 20 heavy (non-hydrogen) atoms. The van der Waals surface area contributed by atoms with Crippen LogP contribution in [0.4, 0.5) is 11.6 Å². The van der Waals surface area contributed by atoms with Gasteiger partial charge in [0.25, 0.3) is 11.5 Å². The highest BCUT2D eigenvalue weighted by molar-refractivity contribution is 5.88. The van der Waals surface area contributed by atoms with Crippen molar-refractivity contribution in [2.24, 2.45) is 5.73 Å². The van der Waals surface area contributed by atoms with Crippen LogP contribution in [-0.4, -0.2) is 15.9 Å². The van der Waals surface area contributed by atoms with Gasteiger partial charge < -0.3 is 5.73 Å². The topological polar surface area (TPSA) is 97.8 Å². The van der Waals surface area contributed by atoms with Gasteiger partial charge in [0.15, 0.2) is 0 Å². The maximum Gasteiger partial charge on any atom is 0.325 e. The predicted molar refractivity (Wildman–Crippen MR) is 76.8 cm³/mol. The van der Waals surface area contributed by atoms with E-state index in [1.807, 2.05) is 30.3 Å². The molecule has 3 rings (SSSR count). The average Bonchev–Trinajstić information content (AvgIpc) is 2.88.